The molecule has 1 aliphatic carbocycles. The van der Waals surface area contributed by atoms with Crippen LogP contribution in [0.5, 0.6) is 0 Å². The van der Waals surface area contributed by atoms with Gasteiger partial charge in [-0.2, -0.15) is 0 Å². The summed E-state index contributed by atoms with van der Waals surface area (Å²) in [5.74, 6) is 2.08. The number of aliphatic hydroxyl groups is 1. The maximum Gasteiger partial charge on any atom is 0.135 e. The van der Waals surface area contributed by atoms with Crippen LogP contribution in [0.15, 0.2) is 30.5 Å². The standard InChI is InChI=1S/C16H19ClN4O/c17-14-8-15(21-16(20-14)12-4-5-12)19-9-11(10-22)7-13-3-1-2-6-18-13/h1-3,6,8,11-12,22H,4-5,7,9-10H2,(H,19,20,21). The number of hydrogen-bond acceptors (Lipinski definition) is 5. The van der Waals surface area contributed by atoms with Gasteiger partial charge in [0.05, 0.1) is 0 Å². The maximum absolute atomic E-state index is 9.55. The molecule has 2 N–H and O–H groups in total. The molecule has 1 fully saturated rings. The molecule has 1 saturated carbocycles. The molecule has 0 amide bonds. The van der Waals surface area contributed by atoms with Crippen molar-refractivity contribution in [2.45, 2.75) is 25.2 Å². The molecule has 3 rings (SSSR count). The van der Waals surface area contributed by atoms with E-state index in [-0.39, 0.29) is 12.5 Å². The molecule has 6 heteroatoms. The summed E-state index contributed by atoms with van der Waals surface area (Å²) in [6, 6.07) is 7.53. The molecule has 5 nitrogen and oxygen atoms in total. The van der Waals surface area contributed by atoms with E-state index in [1.54, 1.807) is 12.3 Å². The van der Waals surface area contributed by atoms with Gasteiger partial charge < -0.3 is 10.4 Å². The highest BCUT2D eigenvalue weighted by Gasteiger charge is 2.27. The van der Waals surface area contributed by atoms with Crippen LogP contribution in [0, 0.1) is 5.92 Å². The van der Waals surface area contributed by atoms with Gasteiger partial charge in [0.2, 0.25) is 0 Å². The van der Waals surface area contributed by atoms with E-state index in [0.717, 1.165) is 36.6 Å². The number of nitrogens with one attached hydrogen (secondary N) is 1. The first kappa shape index (κ1) is 15.2. The van der Waals surface area contributed by atoms with Gasteiger partial charge in [0.1, 0.15) is 16.8 Å². The minimum absolute atomic E-state index is 0.0769. The Morgan fingerprint density at radius 2 is 2.18 bits per heavy atom. The second-order valence-electron chi connectivity index (χ2n) is 5.66. The number of aromatic nitrogens is 3. The summed E-state index contributed by atoms with van der Waals surface area (Å²) >= 11 is 6.05. The molecule has 22 heavy (non-hydrogen) atoms. The molecule has 2 aromatic heterocycles. The first-order chi connectivity index (χ1) is 10.7. The van der Waals surface area contributed by atoms with Gasteiger partial charge in [0, 0.05) is 42.9 Å². The SMILES string of the molecule is OCC(CNc1cc(Cl)nc(C2CC2)n1)Cc1ccccn1. The number of rotatable bonds is 7. The van der Waals surface area contributed by atoms with E-state index in [0.29, 0.717) is 17.6 Å². The Bertz CT molecular complexity index is 619. The van der Waals surface area contributed by atoms with E-state index in [2.05, 4.69) is 20.3 Å². The van der Waals surface area contributed by atoms with Crippen molar-refractivity contribution in [2.75, 3.05) is 18.5 Å². The summed E-state index contributed by atoms with van der Waals surface area (Å²) < 4.78 is 0. The van der Waals surface area contributed by atoms with E-state index in [1.165, 1.54) is 0 Å². The fourth-order valence-electron chi connectivity index (χ4n) is 2.31. The van der Waals surface area contributed by atoms with E-state index < -0.39 is 0 Å². The second kappa shape index (κ2) is 7.03. The average molecular weight is 319 g/mol. The van der Waals surface area contributed by atoms with Crippen LogP contribution in [-0.4, -0.2) is 33.2 Å². The number of hydrogen-bond donors (Lipinski definition) is 2. The predicted molar refractivity (Wildman–Crippen MR) is 86.0 cm³/mol. The highest BCUT2D eigenvalue weighted by Crippen LogP contribution is 2.38. The lowest BCUT2D eigenvalue weighted by molar-refractivity contribution is 0.232. The van der Waals surface area contributed by atoms with Crippen LogP contribution in [0.3, 0.4) is 0 Å². The highest BCUT2D eigenvalue weighted by molar-refractivity contribution is 6.29. The fraction of sp³-hybridized carbons (Fsp3) is 0.438. The first-order valence-corrected chi connectivity index (χ1v) is 7.91. The van der Waals surface area contributed by atoms with Gasteiger partial charge in [0.25, 0.3) is 0 Å². The van der Waals surface area contributed by atoms with Gasteiger partial charge in [0.15, 0.2) is 0 Å². The maximum atomic E-state index is 9.55. The number of pyridine rings is 1. The molecule has 1 aliphatic rings. The molecule has 0 aromatic carbocycles. The Hall–Kier alpha value is -1.72. The van der Waals surface area contributed by atoms with E-state index in [9.17, 15) is 5.11 Å². The smallest absolute Gasteiger partial charge is 0.135 e. The monoisotopic (exact) mass is 318 g/mol. The highest BCUT2D eigenvalue weighted by atomic mass is 35.5. The lowest BCUT2D eigenvalue weighted by Crippen LogP contribution is -2.21. The first-order valence-electron chi connectivity index (χ1n) is 7.53. The van der Waals surface area contributed by atoms with Gasteiger partial charge in [-0.3, -0.25) is 4.98 Å². The van der Waals surface area contributed by atoms with Crippen LogP contribution in [-0.2, 0) is 6.42 Å². The molecule has 2 aromatic rings. The molecular formula is C16H19ClN4O. The Morgan fingerprint density at radius 1 is 1.32 bits per heavy atom. The van der Waals surface area contributed by atoms with Crippen molar-refractivity contribution in [3.63, 3.8) is 0 Å². The summed E-state index contributed by atoms with van der Waals surface area (Å²) in [7, 11) is 0. The van der Waals surface area contributed by atoms with Gasteiger partial charge >= 0.3 is 0 Å². The third-order valence-corrected chi connectivity index (χ3v) is 3.90. The van der Waals surface area contributed by atoms with Gasteiger partial charge in [-0.25, -0.2) is 9.97 Å². The summed E-state index contributed by atoms with van der Waals surface area (Å²) in [6.45, 7) is 0.711. The molecule has 2 heterocycles. The largest absolute Gasteiger partial charge is 0.396 e. The van der Waals surface area contributed by atoms with E-state index in [4.69, 9.17) is 11.6 Å². The summed E-state index contributed by atoms with van der Waals surface area (Å²) in [5.41, 5.74) is 0.975. The lowest BCUT2D eigenvalue weighted by Gasteiger charge is -2.15. The Morgan fingerprint density at radius 3 is 2.86 bits per heavy atom. The molecule has 116 valence electrons. The second-order valence-corrected chi connectivity index (χ2v) is 6.05. The lowest BCUT2D eigenvalue weighted by atomic mass is 10.0. The van der Waals surface area contributed by atoms with Crippen molar-refractivity contribution < 1.29 is 5.11 Å². The molecule has 0 radical (unpaired) electrons. The van der Waals surface area contributed by atoms with Crippen molar-refractivity contribution in [1.29, 1.82) is 0 Å². The Kier molecular flexibility index (Phi) is 4.85. The molecule has 0 bridgehead atoms. The number of aliphatic hydroxyl groups excluding tert-OH is 1. The summed E-state index contributed by atoms with van der Waals surface area (Å²) in [6.07, 6.45) is 4.76. The Balaban J connectivity index is 1.60. The minimum atomic E-state index is 0.0769. The van der Waals surface area contributed by atoms with Crippen molar-refractivity contribution >= 4 is 17.4 Å². The zero-order chi connectivity index (χ0) is 15.4. The summed E-state index contributed by atoms with van der Waals surface area (Å²) in [4.78, 5) is 13.1. The van der Waals surface area contributed by atoms with Gasteiger partial charge in [-0.05, 0) is 31.4 Å². The molecule has 0 spiro atoms. The number of anilines is 1. The normalized spacial score (nSPS) is 15.5. The molecule has 1 atom stereocenters. The van der Waals surface area contributed by atoms with Crippen LogP contribution >= 0.6 is 11.6 Å². The topological polar surface area (TPSA) is 70.9 Å². The van der Waals surface area contributed by atoms with Crippen molar-refractivity contribution in [3.05, 3.63) is 47.1 Å². The van der Waals surface area contributed by atoms with Crippen molar-refractivity contribution in [1.82, 2.24) is 15.0 Å². The zero-order valence-corrected chi connectivity index (χ0v) is 13.0. The fourth-order valence-corrected chi connectivity index (χ4v) is 2.50. The predicted octanol–water partition coefficient (Wildman–Crippen LogP) is 2.67. The van der Waals surface area contributed by atoms with Crippen molar-refractivity contribution in [2.24, 2.45) is 5.92 Å². The van der Waals surface area contributed by atoms with Crippen LogP contribution in [0.25, 0.3) is 0 Å². The third-order valence-electron chi connectivity index (χ3n) is 3.71. The number of halogens is 1. The molecule has 0 saturated heterocycles. The summed E-state index contributed by atoms with van der Waals surface area (Å²) in [5, 5.41) is 13.3. The minimum Gasteiger partial charge on any atom is -0.396 e. The van der Waals surface area contributed by atoms with E-state index >= 15 is 0 Å². The number of nitrogens with zero attached hydrogens (tertiary/aromatic N) is 3. The van der Waals surface area contributed by atoms with Crippen LogP contribution < -0.4 is 5.32 Å². The molecular weight excluding hydrogens is 300 g/mol. The van der Waals surface area contributed by atoms with Crippen molar-refractivity contribution in [3.8, 4) is 0 Å². The zero-order valence-electron chi connectivity index (χ0n) is 12.2. The average Bonchev–Trinajstić information content (AvgIpc) is 3.37. The molecule has 0 aliphatic heterocycles. The quantitative estimate of drug-likeness (QED) is 0.768. The third kappa shape index (κ3) is 4.15. The van der Waals surface area contributed by atoms with Gasteiger partial charge in [-0.15, -0.1) is 0 Å². The van der Waals surface area contributed by atoms with Crippen LogP contribution in [0.2, 0.25) is 5.15 Å². The van der Waals surface area contributed by atoms with Crippen LogP contribution in [0.4, 0.5) is 5.82 Å². The van der Waals surface area contributed by atoms with E-state index in [1.807, 2.05) is 18.2 Å². The molecule has 1 unspecified atom stereocenters. The van der Waals surface area contributed by atoms with Gasteiger partial charge in [-0.1, -0.05) is 17.7 Å². The Labute approximate surface area is 134 Å². The van der Waals surface area contributed by atoms with Crippen LogP contribution in [0.1, 0.15) is 30.3 Å².